The fourth-order valence-corrected chi connectivity index (χ4v) is 1.39. The number of nitrogens with zero attached hydrogens (tertiary/aromatic N) is 3. The van der Waals surface area contributed by atoms with E-state index in [2.05, 4.69) is 9.97 Å². The van der Waals surface area contributed by atoms with E-state index in [0.29, 0.717) is 11.4 Å². The second kappa shape index (κ2) is 4.07. The number of hydrogen-bond acceptors (Lipinski definition) is 3. The Labute approximate surface area is 92.2 Å². The van der Waals surface area contributed by atoms with E-state index >= 15 is 0 Å². The molecule has 3 nitrogen and oxygen atoms in total. The highest BCUT2D eigenvalue weighted by atomic mass is 19.1. The third kappa shape index (κ3) is 2.04. The van der Waals surface area contributed by atoms with Crippen molar-refractivity contribution >= 4 is 0 Å². The molecule has 0 aliphatic heterocycles. The predicted octanol–water partition coefficient (Wildman–Crippen LogP) is 2.46. The van der Waals surface area contributed by atoms with Crippen molar-refractivity contribution in [3.05, 3.63) is 47.7 Å². The quantitative estimate of drug-likeness (QED) is 0.731. The molecule has 0 spiro atoms. The molecule has 0 aliphatic rings. The van der Waals surface area contributed by atoms with Gasteiger partial charge in [-0.15, -0.1) is 0 Å². The van der Waals surface area contributed by atoms with E-state index in [0.717, 1.165) is 5.56 Å². The van der Waals surface area contributed by atoms with E-state index in [1.54, 1.807) is 25.1 Å². The average molecular weight is 213 g/mol. The molecule has 0 N–H and O–H groups in total. The van der Waals surface area contributed by atoms with Crippen molar-refractivity contribution in [3.63, 3.8) is 0 Å². The molecule has 0 amide bonds. The number of aryl methyl sites for hydroxylation is 1. The molecule has 0 saturated heterocycles. The van der Waals surface area contributed by atoms with Gasteiger partial charge in [0.05, 0.1) is 5.69 Å². The second-order valence-corrected chi connectivity index (χ2v) is 3.34. The second-order valence-electron chi connectivity index (χ2n) is 3.34. The zero-order valence-corrected chi connectivity index (χ0v) is 8.61. The van der Waals surface area contributed by atoms with Gasteiger partial charge in [0.15, 0.2) is 0 Å². The topological polar surface area (TPSA) is 49.6 Å². The van der Waals surface area contributed by atoms with E-state index < -0.39 is 0 Å². The van der Waals surface area contributed by atoms with Crippen molar-refractivity contribution in [1.29, 1.82) is 5.26 Å². The van der Waals surface area contributed by atoms with Gasteiger partial charge in [-0.3, -0.25) is 0 Å². The van der Waals surface area contributed by atoms with Crippen molar-refractivity contribution in [2.45, 2.75) is 6.92 Å². The molecule has 0 radical (unpaired) electrons. The van der Waals surface area contributed by atoms with Crippen molar-refractivity contribution in [2.24, 2.45) is 0 Å². The SMILES string of the molecule is Cc1cc(-c2ccc(F)cc2)nc(C#N)n1. The van der Waals surface area contributed by atoms with Crippen LogP contribution in [0.3, 0.4) is 0 Å². The maximum absolute atomic E-state index is 12.7. The highest BCUT2D eigenvalue weighted by Crippen LogP contribution is 2.17. The fraction of sp³-hybridized carbons (Fsp3) is 0.0833. The first-order valence-corrected chi connectivity index (χ1v) is 4.71. The summed E-state index contributed by atoms with van der Waals surface area (Å²) in [6.45, 7) is 1.79. The summed E-state index contributed by atoms with van der Waals surface area (Å²) >= 11 is 0. The zero-order chi connectivity index (χ0) is 11.5. The van der Waals surface area contributed by atoms with Gasteiger partial charge in [-0.1, -0.05) is 0 Å². The number of aromatic nitrogens is 2. The van der Waals surface area contributed by atoms with Crippen LogP contribution in [0.2, 0.25) is 0 Å². The summed E-state index contributed by atoms with van der Waals surface area (Å²) in [7, 11) is 0. The Kier molecular flexibility index (Phi) is 2.61. The Hall–Kier alpha value is -2.28. The van der Waals surface area contributed by atoms with E-state index in [-0.39, 0.29) is 11.6 Å². The van der Waals surface area contributed by atoms with Crippen LogP contribution >= 0.6 is 0 Å². The van der Waals surface area contributed by atoms with Crippen LogP contribution in [0.4, 0.5) is 4.39 Å². The molecular formula is C12H8FN3. The average Bonchev–Trinajstić information content (AvgIpc) is 2.29. The summed E-state index contributed by atoms with van der Waals surface area (Å²) in [5.41, 5.74) is 2.11. The highest BCUT2D eigenvalue weighted by Gasteiger charge is 2.04. The lowest BCUT2D eigenvalue weighted by Gasteiger charge is -2.02. The minimum absolute atomic E-state index is 0.124. The normalized spacial score (nSPS) is 9.81. The van der Waals surface area contributed by atoms with Gasteiger partial charge < -0.3 is 0 Å². The van der Waals surface area contributed by atoms with E-state index in [1.807, 2.05) is 6.07 Å². The van der Waals surface area contributed by atoms with Crippen molar-refractivity contribution in [3.8, 4) is 17.3 Å². The third-order valence-electron chi connectivity index (χ3n) is 2.09. The molecule has 0 unspecified atom stereocenters. The van der Waals surface area contributed by atoms with Gasteiger partial charge >= 0.3 is 0 Å². The first-order chi connectivity index (χ1) is 7.69. The molecule has 4 heteroatoms. The van der Waals surface area contributed by atoms with Crippen LogP contribution in [0.25, 0.3) is 11.3 Å². The van der Waals surface area contributed by atoms with Crippen LogP contribution in [-0.4, -0.2) is 9.97 Å². The first kappa shape index (κ1) is 10.2. The van der Waals surface area contributed by atoms with E-state index in [9.17, 15) is 4.39 Å². The van der Waals surface area contributed by atoms with Gasteiger partial charge in [0.2, 0.25) is 5.82 Å². The van der Waals surface area contributed by atoms with Crippen LogP contribution in [0.5, 0.6) is 0 Å². The number of nitriles is 1. The summed E-state index contributed by atoms with van der Waals surface area (Å²) in [6, 6.07) is 9.62. The van der Waals surface area contributed by atoms with Gasteiger partial charge in [-0.05, 0) is 37.3 Å². The lowest BCUT2D eigenvalue weighted by molar-refractivity contribution is 0.628. The van der Waals surface area contributed by atoms with Gasteiger partial charge in [0, 0.05) is 11.3 Å². The minimum Gasteiger partial charge on any atom is -0.224 e. The number of rotatable bonds is 1. The fourth-order valence-electron chi connectivity index (χ4n) is 1.39. The molecule has 0 aliphatic carbocycles. The highest BCUT2D eigenvalue weighted by molar-refractivity contribution is 5.59. The predicted molar refractivity (Wildman–Crippen MR) is 56.9 cm³/mol. The molecule has 78 valence electrons. The first-order valence-electron chi connectivity index (χ1n) is 4.71. The molecule has 1 aromatic heterocycles. The molecule has 0 atom stereocenters. The van der Waals surface area contributed by atoms with E-state index in [1.165, 1.54) is 12.1 Å². The van der Waals surface area contributed by atoms with Crippen molar-refractivity contribution in [2.75, 3.05) is 0 Å². The third-order valence-corrected chi connectivity index (χ3v) is 2.09. The summed E-state index contributed by atoms with van der Waals surface area (Å²) < 4.78 is 12.7. The van der Waals surface area contributed by atoms with Gasteiger partial charge in [0.25, 0.3) is 0 Å². The largest absolute Gasteiger partial charge is 0.232 e. The molecule has 1 aromatic carbocycles. The molecule has 16 heavy (non-hydrogen) atoms. The standard InChI is InChI=1S/C12H8FN3/c1-8-6-11(16-12(7-14)15-8)9-2-4-10(13)5-3-9/h2-6H,1H3. The van der Waals surface area contributed by atoms with Gasteiger partial charge in [-0.25, -0.2) is 14.4 Å². The Morgan fingerprint density at radius 2 is 1.88 bits per heavy atom. The van der Waals surface area contributed by atoms with Crippen molar-refractivity contribution < 1.29 is 4.39 Å². The lowest BCUT2D eigenvalue weighted by Crippen LogP contribution is -1.94. The van der Waals surface area contributed by atoms with Gasteiger partial charge in [0.1, 0.15) is 11.9 Å². The minimum atomic E-state index is -0.296. The van der Waals surface area contributed by atoms with Crippen LogP contribution in [0.15, 0.2) is 30.3 Å². The molecule has 1 heterocycles. The molecule has 0 saturated carbocycles. The van der Waals surface area contributed by atoms with Crippen LogP contribution in [0.1, 0.15) is 11.5 Å². The molecule has 2 aromatic rings. The van der Waals surface area contributed by atoms with Crippen molar-refractivity contribution in [1.82, 2.24) is 9.97 Å². The Balaban J connectivity index is 2.52. The molecule has 2 rings (SSSR count). The van der Waals surface area contributed by atoms with Crippen LogP contribution < -0.4 is 0 Å². The summed E-state index contributed by atoms with van der Waals surface area (Å²) in [5.74, 6) is -0.172. The summed E-state index contributed by atoms with van der Waals surface area (Å²) in [5, 5.41) is 8.74. The van der Waals surface area contributed by atoms with Crippen LogP contribution in [-0.2, 0) is 0 Å². The summed E-state index contributed by atoms with van der Waals surface area (Å²) in [4.78, 5) is 8.01. The van der Waals surface area contributed by atoms with E-state index in [4.69, 9.17) is 5.26 Å². The van der Waals surface area contributed by atoms with Crippen LogP contribution in [0, 0.1) is 24.1 Å². The number of halogens is 1. The monoisotopic (exact) mass is 213 g/mol. The molecule has 0 fully saturated rings. The van der Waals surface area contributed by atoms with Gasteiger partial charge in [-0.2, -0.15) is 5.26 Å². The zero-order valence-electron chi connectivity index (χ0n) is 8.61. The number of hydrogen-bond donors (Lipinski definition) is 0. The Bertz CT molecular complexity index is 555. The summed E-state index contributed by atoms with van der Waals surface area (Å²) in [6.07, 6.45) is 0. The number of benzene rings is 1. The maximum atomic E-state index is 12.7. The Morgan fingerprint density at radius 3 is 2.50 bits per heavy atom. The Morgan fingerprint density at radius 1 is 1.19 bits per heavy atom. The smallest absolute Gasteiger partial charge is 0.224 e. The molecular weight excluding hydrogens is 205 g/mol. The lowest BCUT2D eigenvalue weighted by atomic mass is 10.1. The maximum Gasteiger partial charge on any atom is 0.232 e. The molecule has 0 bridgehead atoms.